The van der Waals surface area contributed by atoms with Gasteiger partial charge in [-0.15, -0.1) is 0 Å². The summed E-state index contributed by atoms with van der Waals surface area (Å²) in [5.74, 6) is -2.48. The number of imide groups is 1. The number of benzene rings is 1. The minimum absolute atomic E-state index is 0.0109. The summed E-state index contributed by atoms with van der Waals surface area (Å²) in [5, 5.41) is 4.26. The number of piperidine rings is 1. The Morgan fingerprint density at radius 3 is 2.61 bits per heavy atom. The zero-order valence-electron chi connectivity index (χ0n) is 16.8. The SMILES string of the molecule is O=C1CCC(N2Cc3cc(C(=O)NC(c4ccc(Cl)cn4)C(F)(F)F)ccc3C2=O)C(=O)N1. The summed E-state index contributed by atoms with van der Waals surface area (Å²) < 4.78 is 40.7. The highest BCUT2D eigenvalue weighted by atomic mass is 35.5. The number of rotatable bonds is 4. The zero-order valence-corrected chi connectivity index (χ0v) is 17.5. The second kappa shape index (κ2) is 8.47. The van der Waals surface area contributed by atoms with Crippen molar-refractivity contribution in [2.75, 3.05) is 0 Å². The number of amides is 4. The number of hydrogen-bond acceptors (Lipinski definition) is 5. The molecule has 1 fully saturated rings. The Morgan fingerprint density at radius 2 is 1.97 bits per heavy atom. The fourth-order valence-corrected chi connectivity index (χ4v) is 3.92. The third kappa shape index (κ3) is 4.54. The van der Waals surface area contributed by atoms with Gasteiger partial charge < -0.3 is 10.2 Å². The Hall–Kier alpha value is -3.47. The number of aromatic nitrogens is 1. The average Bonchev–Trinajstić information content (AvgIpc) is 3.07. The van der Waals surface area contributed by atoms with Crippen LogP contribution in [-0.4, -0.2) is 45.7 Å². The molecule has 2 N–H and O–H groups in total. The monoisotopic (exact) mass is 480 g/mol. The van der Waals surface area contributed by atoms with E-state index in [-0.39, 0.29) is 35.5 Å². The van der Waals surface area contributed by atoms with Crippen molar-refractivity contribution in [3.8, 4) is 0 Å². The van der Waals surface area contributed by atoms with Gasteiger partial charge in [0.2, 0.25) is 11.8 Å². The standard InChI is InChI=1S/C21H16ClF3N4O4/c22-12-2-4-14(26-8-12)17(21(23,24)25)28-18(31)10-1-3-13-11(7-10)9-29(20(13)33)15-5-6-16(30)27-19(15)32/h1-4,7-8,15,17H,5-6,9H2,(H,28,31)(H,27,30,32). The van der Waals surface area contributed by atoms with Gasteiger partial charge in [0.1, 0.15) is 6.04 Å². The van der Waals surface area contributed by atoms with Crippen LogP contribution in [0, 0.1) is 0 Å². The van der Waals surface area contributed by atoms with Gasteiger partial charge in [-0.05, 0) is 42.3 Å². The molecule has 2 atom stereocenters. The highest BCUT2D eigenvalue weighted by Gasteiger charge is 2.43. The summed E-state index contributed by atoms with van der Waals surface area (Å²) in [6.45, 7) is -0.0109. The largest absolute Gasteiger partial charge is 0.414 e. The minimum atomic E-state index is -4.81. The van der Waals surface area contributed by atoms with Crippen LogP contribution >= 0.6 is 11.6 Å². The lowest BCUT2D eigenvalue weighted by Gasteiger charge is -2.29. The molecule has 0 spiro atoms. The van der Waals surface area contributed by atoms with Crippen LogP contribution in [0.5, 0.6) is 0 Å². The maximum absolute atomic E-state index is 13.6. The van der Waals surface area contributed by atoms with Crippen LogP contribution in [0.3, 0.4) is 0 Å². The summed E-state index contributed by atoms with van der Waals surface area (Å²) in [6, 6.07) is 2.99. The summed E-state index contributed by atoms with van der Waals surface area (Å²) >= 11 is 5.68. The van der Waals surface area contributed by atoms with Gasteiger partial charge >= 0.3 is 6.18 Å². The summed E-state index contributed by atoms with van der Waals surface area (Å²) in [7, 11) is 0. The molecule has 0 radical (unpaired) electrons. The van der Waals surface area contributed by atoms with Gasteiger partial charge in [0.15, 0.2) is 6.04 Å². The molecule has 12 heteroatoms. The van der Waals surface area contributed by atoms with E-state index in [9.17, 15) is 32.3 Å². The Morgan fingerprint density at radius 1 is 1.21 bits per heavy atom. The van der Waals surface area contributed by atoms with E-state index < -0.39 is 47.6 Å². The number of hydrogen-bond donors (Lipinski definition) is 2. The van der Waals surface area contributed by atoms with Crippen molar-refractivity contribution in [2.45, 2.75) is 37.6 Å². The van der Waals surface area contributed by atoms with Crippen molar-refractivity contribution >= 4 is 35.2 Å². The number of pyridine rings is 1. The molecule has 4 amide bonds. The van der Waals surface area contributed by atoms with Crippen LogP contribution in [0.4, 0.5) is 13.2 Å². The first-order valence-corrected chi connectivity index (χ1v) is 10.2. The number of nitrogens with one attached hydrogen (secondary N) is 2. The summed E-state index contributed by atoms with van der Waals surface area (Å²) in [4.78, 5) is 53.8. The topological polar surface area (TPSA) is 108 Å². The smallest absolute Gasteiger partial charge is 0.335 e. The molecule has 2 aliphatic heterocycles. The fraction of sp³-hybridized carbons (Fsp3) is 0.286. The van der Waals surface area contributed by atoms with E-state index in [0.29, 0.717) is 5.56 Å². The number of fused-ring (bicyclic) bond motifs is 1. The molecule has 0 bridgehead atoms. The molecule has 4 rings (SSSR count). The van der Waals surface area contributed by atoms with Gasteiger partial charge in [0, 0.05) is 30.3 Å². The first-order valence-electron chi connectivity index (χ1n) is 9.81. The van der Waals surface area contributed by atoms with Gasteiger partial charge in [0.25, 0.3) is 11.8 Å². The predicted molar refractivity (Wildman–Crippen MR) is 108 cm³/mol. The van der Waals surface area contributed by atoms with Gasteiger partial charge in [-0.2, -0.15) is 13.2 Å². The quantitative estimate of drug-likeness (QED) is 0.654. The Balaban J connectivity index is 1.54. The Kier molecular flexibility index (Phi) is 5.83. The van der Waals surface area contributed by atoms with Crippen LogP contribution in [0.15, 0.2) is 36.5 Å². The van der Waals surface area contributed by atoms with E-state index in [4.69, 9.17) is 11.6 Å². The van der Waals surface area contributed by atoms with Crippen molar-refractivity contribution in [3.63, 3.8) is 0 Å². The number of carbonyl (C=O) groups is 4. The van der Waals surface area contributed by atoms with Gasteiger partial charge in [0.05, 0.1) is 10.7 Å². The molecule has 2 aromatic rings. The van der Waals surface area contributed by atoms with Crippen molar-refractivity contribution in [2.24, 2.45) is 0 Å². The molecule has 3 heterocycles. The molecule has 8 nitrogen and oxygen atoms in total. The highest BCUT2D eigenvalue weighted by molar-refractivity contribution is 6.30. The van der Waals surface area contributed by atoms with Crippen molar-refractivity contribution in [1.82, 2.24) is 20.5 Å². The second-order valence-corrected chi connectivity index (χ2v) is 8.06. The van der Waals surface area contributed by atoms with Gasteiger partial charge in [-0.25, -0.2) is 0 Å². The molecular formula is C21H16ClF3N4O4. The highest BCUT2D eigenvalue weighted by Crippen LogP contribution is 2.33. The summed E-state index contributed by atoms with van der Waals surface area (Å²) in [6.07, 6.45) is -3.51. The van der Waals surface area contributed by atoms with Crippen molar-refractivity contribution in [3.05, 3.63) is 63.9 Å². The van der Waals surface area contributed by atoms with E-state index in [2.05, 4.69) is 10.3 Å². The molecule has 172 valence electrons. The normalized spacial score (nSPS) is 19.2. The predicted octanol–water partition coefficient (Wildman–Crippen LogP) is 2.53. The molecule has 0 aliphatic carbocycles. The first-order chi connectivity index (χ1) is 15.5. The number of halogens is 4. The van der Waals surface area contributed by atoms with Crippen LogP contribution in [0.1, 0.15) is 50.9 Å². The molecule has 1 aromatic carbocycles. The molecular weight excluding hydrogens is 465 g/mol. The molecule has 1 aromatic heterocycles. The lowest BCUT2D eigenvalue weighted by atomic mass is 10.0. The third-order valence-electron chi connectivity index (χ3n) is 5.43. The molecule has 0 saturated carbocycles. The van der Waals surface area contributed by atoms with Gasteiger partial charge in [-0.1, -0.05) is 11.6 Å². The fourth-order valence-electron chi connectivity index (χ4n) is 3.81. The van der Waals surface area contributed by atoms with Crippen LogP contribution in [0.2, 0.25) is 5.02 Å². The van der Waals surface area contributed by atoms with E-state index in [1.165, 1.54) is 29.2 Å². The molecule has 33 heavy (non-hydrogen) atoms. The van der Waals surface area contributed by atoms with E-state index in [0.717, 1.165) is 12.3 Å². The molecule has 2 aliphatic rings. The second-order valence-electron chi connectivity index (χ2n) is 7.62. The molecule has 2 unspecified atom stereocenters. The van der Waals surface area contributed by atoms with E-state index in [1.807, 2.05) is 5.32 Å². The summed E-state index contributed by atoms with van der Waals surface area (Å²) in [5.41, 5.74) is 0.115. The number of carbonyl (C=O) groups excluding carboxylic acids is 4. The zero-order chi connectivity index (χ0) is 23.9. The Bertz CT molecular complexity index is 1150. The first kappa shape index (κ1) is 22.7. The van der Waals surface area contributed by atoms with E-state index in [1.54, 1.807) is 0 Å². The van der Waals surface area contributed by atoms with Gasteiger partial charge in [-0.3, -0.25) is 29.5 Å². The van der Waals surface area contributed by atoms with E-state index >= 15 is 0 Å². The Labute approximate surface area is 190 Å². The van der Waals surface area contributed by atoms with Crippen molar-refractivity contribution < 1.29 is 32.3 Å². The van der Waals surface area contributed by atoms with Crippen molar-refractivity contribution in [1.29, 1.82) is 0 Å². The lowest BCUT2D eigenvalue weighted by Crippen LogP contribution is -2.52. The minimum Gasteiger partial charge on any atom is -0.335 e. The van der Waals surface area contributed by atoms with Crippen LogP contribution in [0.25, 0.3) is 0 Å². The maximum atomic E-state index is 13.6. The number of nitrogens with zero attached hydrogens (tertiary/aromatic N) is 2. The van der Waals surface area contributed by atoms with Crippen LogP contribution < -0.4 is 10.6 Å². The lowest BCUT2D eigenvalue weighted by molar-refractivity contribution is -0.156. The molecule has 1 saturated heterocycles. The van der Waals surface area contributed by atoms with Crippen LogP contribution in [-0.2, 0) is 16.1 Å². The number of alkyl halides is 3. The maximum Gasteiger partial charge on any atom is 0.414 e. The average molecular weight is 481 g/mol. The third-order valence-corrected chi connectivity index (χ3v) is 5.66.